The second kappa shape index (κ2) is 10.1. The Labute approximate surface area is 206 Å². The summed E-state index contributed by atoms with van der Waals surface area (Å²) in [5.41, 5.74) is 16.5. The van der Waals surface area contributed by atoms with E-state index in [0.29, 0.717) is 0 Å². The van der Waals surface area contributed by atoms with Crippen LogP contribution in [-0.2, 0) is 12.8 Å². The summed E-state index contributed by atoms with van der Waals surface area (Å²) in [7, 11) is 0. The van der Waals surface area contributed by atoms with Crippen molar-refractivity contribution in [1.82, 2.24) is 31.1 Å². The van der Waals surface area contributed by atoms with Crippen molar-refractivity contribution in [1.29, 1.82) is 0 Å². The van der Waals surface area contributed by atoms with Gasteiger partial charge >= 0.3 is 0 Å². The summed E-state index contributed by atoms with van der Waals surface area (Å²) in [6.07, 6.45) is 4.66. The molecule has 5 rings (SSSR count). The van der Waals surface area contributed by atoms with Gasteiger partial charge in [0.05, 0.1) is 11.9 Å². The van der Waals surface area contributed by atoms with Gasteiger partial charge in [0.15, 0.2) is 11.5 Å². The monoisotopic (exact) mass is 468 g/mol. The van der Waals surface area contributed by atoms with E-state index in [0.717, 1.165) is 66.3 Å². The zero-order chi connectivity index (χ0) is 24.2. The number of hydrogen-bond acceptors (Lipinski definition) is 7. The maximum absolute atomic E-state index is 5.00. The van der Waals surface area contributed by atoms with Crippen molar-refractivity contribution in [2.45, 2.75) is 40.0 Å². The molecule has 2 aromatic carbocycles. The van der Waals surface area contributed by atoms with E-state index in [2.05, 4.69) is 94.8 Å². The number of nitrogens with one attached hydrogen (secondary N) is 3. The van der Waals surface area contributed by atoms with E-state index in [-0.39, 0.29) is 0 Å². The normalized spacial score (nSPS) is 12.9. The maximum atomic E-state index is 5.00. The summed E-state index contributed by atoms with van der Waals surface area (Å²) < 4.78 is 2.00. The molecule has 0 bridgehead atoms. The molecule has 8 heteroatoms. The summed E-state index contributed by atoms with van der Waals surface area (Å²) >= 11 is 0. The molecule has 0 amide bonds. The second-order valence-electron chi connectivity index (χ2n) is 8.63. The van der Waals surface area contributed by atoms with Gasteiger partial charge in [0.25, 0.3) is 0 Å². The van der Waals surface area contributed by atoms with Gasteiger partial charge in [-0.15, -0.1) is 10.6 Å². The smallest absolute Gasteiger partial charge is 0.171 e. The molecule has 0 spiro atoms. The van der Waals surface area contributed by atoms with Crippen LogP contribution in [0, 0.1) is 0 Å². The lowest BCUT2D eigenvalue weighted by Crippen LogP contribution is -2.35. The molecule has 0 atom stereocenters. The van der Waals surface area contributed by atoms with E-state index in [1.165, 1.54) is 16.8 Å². The van der Waals surface area contributed by atoms with Gasteiger partial charge in [-0.25, -0.2) is 10.5 Å². The van der Waals surface area contributed by atoms with Gasteiger partial charge in [-0.05, 0) is 37.0 Å². The molecule has 0 aliphatic carbocycles. The molecule has 1 aliphatic rings. The van der Waals surface area contributed by atoms with Crippen molar-refractivity contribution in [3.63, 3.8) is 0 Å². The maximum Gasteiger partial charge on any atom is 0.171 e. The van der Waals surface area contributed by atoms with Crippen LogP contribution in [0.2, 0.25) is 0 Å². The fourth-order valence-electron chi connectivity index (χ4n) is 4.75. The third-order valence-corrected chi connectivity index (χ3v) is 6.47. The molecular formula is C27H32N8. The number of anilines is 1. The highest BCUT2D eigenvalue weighted by molar-refractivity contribution is 6.04. The van der Waals surface area contributed by atoms with Crippen LogP contribution in [0.5, 0.6) is 0 Å². The minimum absolute atomic E-state index is 0.774. The Bertz CT molecular complexity index is 1340. The van der Waals surface area contributed by atoms with Gasteiger partial charge in [-0.2, -0.15) is 9.61 Å². The number of nitrogens with zero attached hydrogens (tertiary/aromatic N) is 5. The molecule has 35 heavy (non-hydrogen) atoms. The predicted molar refractivity (Wildman–Crippen MR) is 141 cm³/mol. The van der Waals surface area contributed by atoms with Crippen LogP contribution >= 0.6 is 0 Å². The molecule has 3 N–H and O–H groups in total. The molecule has 3 heterocycles. The van der Waals surface area contributed by atoms with Crippen LogP contribution < -0.4 is 21.4 Å². The number of amidine groups is 1. The molecule has 180 valence electrons. The lowest BCUT2D eigenvalue weighted by Gasteiger charge is -2.26. The highest BCUT2D eigenvalue weighted by Gasteiger charge is 2.20. The van der Waals surface area contributed by atoms with Crippen molar-refractivity contribution < 1.29 is 0 Å². The average Bonchev–Trinajstić information content (AvgIpc) is 3.59. The SMILES string of the molecule is CCCc1nc2ccnn2c(N(CC)CC)c1Cc1ccc(-c2ccccc2C2=NNNN2)cc1. The highest BCUT2D eigenvalue weighted by atomic mass is 15.8. The Kier molecular flexibility index (Phi) is 6.63. The number of aromatic nitrogens is 3. The number of fused-ring (bicyclic) bond motifs is 1. The van der Waals surface area contributed by atoms with Crippen molar-refractivity contribution in [2.24, 2.45) is 5.10 Å². The molecule has 1 aliphatic heterocycles. The molecule has 0 saturated heterocycles. The van der Waals surface area contributed by atoms with Crippen LogP contribution in [0.15, 0.2) is 65.9 Å². The summed E-state index contributed by atoms with van der Waals surface area (Å²) in [6.45, 7) is 8.45. The molecule has 2 aromatic heterocycles. The van der Waals surface area contributed by atoms with Crippen molar-refractivity contribution >= 4 is 17.3 Å². The van der Waals surface area contributed by atoms with Crippen molar-refractivity contribution in [3.05, 3.63) is 83.2 Å². The van der Waals surface area contributed by atoms with E-state index in [4.69, 9.17) is 4.98 Å². The summed E-state index contributed by atoms with van der Waals surface area (Å²) in [5, 5.41) is 8.91. The van der Waals surface area contributed by atoms with E-state index in [1.807, 2.05) is 22.8 Å². The number of benzene rings is 2. The van der Waals surface area contributed by atoms with Crippen molar-refractivity contribution in [2.75, 3.05) is 18.0 Å². The third-order valence-electron chi connectivity index (χ3n) is 6.47. The fraction of sp³-hybridized carbons (Fsp3) is 0.296. The number of aryl methyl sites for hydroxylation is 1. The predicted octanol–water partition coefficient (Wildman–Crippen LogP) is 4.06. The average molecular weight is 469 g/mol. The van der Waals surface area contributed by atoms with Crippen LogP contribution in [0.4, 0.5) is 5.82 Å². The van der Waals surface area contributed by atoms with Crippen molar-refractivity contribution in [3.8, 4) is 11.1 Å². The highest BCUT2D eigenvalue weighted by Crippen LogP contribution is 2.30. The van der Waals surface area contributed by atoms with E-state index in [9.17, 15) is 0 Å². The third kappa shape index (κ3) is 4.44. The van der Waals surface area contributed by atoms with Crippen LogP contribution in [0.25, 0.3) is 16.8 Å². The first-order valence-electron chi connectivity index (χ1n) is 12.4. The minimum atomic E-state index is 0.774. The van der Waals surface area contributed by atoms with Gasteiger partial charge in [-0.3, -0.25) is 5.43 Å². The van der Waals surface area contributed by atoms with Crippen LogP contribution in [0.3, 0.4) is 0 Å². The summed E-state index contributed by atoms with van der Waals surface area (Å²) in [5.74, 6) is 1.93. The standard InChI is InChI=1S/C27H32N8/c1-4-9-24-23(27(34(5-2)6-3)35-25(29-24)16-17-28-35)18-19-12-14-20(15-13-19)21-10-7-8-11-22(21)26-30-32-33-31-26/h7-8,10-17,32-33H,4-6,9,18H2,1-3H3,(H,30,31). The number of rotatable bonds is 9. The zero-order valence-corrected chi connectivity index (χ0v) is 20.5. The molecular weight excluding hydrogens is 436 g/mol. The van der Waals surface area contributed by atoms with Gasteiger partial charge in [0, 0.05) is 36.7 Å². The topological polar surface area (TPSA) is 81.9 Å². The number of hydrazone groups is 1. The quantitative estimate of drug-likeness (QED) is 0.344. The van der Waals surface area contributed by atoms with Gasteiger partial charge in [-0.1, -0.05) is 61.9 Å². The number of hydrogen-bond donors (Lipinski definition) is 3. The molecule has 0 unspecified atom stereocenters. The second-order valence-corrected chi connectivity index (χ2v) is 8.63. The van der Waals surface area contributed by atoms with Gasteiger partial charge in [0.2, 0.25) is 0 Å². The van der Waals surface area contributed by atoms with Gasteiger partial charge < -0.3 is 4.90 Å². The first-order chi connectivity index (χ1) is 17.2. The van der Waals surface area contributed by atoms with E-state index < -0.39 is 0 Å². The van der Waals surface area contributed by atoms with Crippen LogP contribution in [-0.4, -0.2) is 33.5 Å². The fourth-order valence-corrected chi connectivity index (χ4v) is 4.75. The molecule has 4 aromatic rings. The Balaban J connectivity index is 1.53. The van der Waals surface area contributed by atoms with E-state index in [1.54, 1.807) is 0 Å². The first kappa shape index (κ1) is 22.9. The Morgan fingerprint density at radius 3 is 2.37 bits per heavy atom. The Hall–Kier alpha value is -3.91. The molecule has 0 radical (unpaired) electrons. The molecule has 8 nitrogen and oxygen atoms in total. The zero-order valence-electron chi connectivity index (χ0n) is 20.5. The lowest BCUT2D eigenvalue weighted by atomic mass is 9.95. The minimum Gasteiger partial charge on any atom is -0.357 e. The Morgan fingerprint density at radius 1 is 0.914 bits per heavy atom. The molecule has 0 fully saturated rings. The summed E-state index contributed by atoms with van der Waals surface area (Å²) in [4.78, 5) is 7.38. The Morgan fingerprint density at radius 2 is 1.69 bits per heavy atom. The van der Waals surface area contributed by atoms with Gasteiger partial charge in [0.1, 0.15) is 5.82 Å². The largest absolute Gasteiger partial charge is 0.357 e. The number of hydrazine groups is 2. The van der Waals surface area contributed by atoms with E-state index >= 15 is 0 Å². The summed E-state index contributed by atoms with van der Waals surface area (Å²) in [6, 6.07) is 19.1. The molecule has 0 saturated carbocycles. The lowest BCUT2D eigenvalue weighted by molar-refractivity contribution is 0.577. The van der Waals surface area contributed by atoms with Crippen LogP contribution in [0.1, 0.15) is 49.6 Å². The first-order valence-corrected chi connectivity index (χ1v) is 12.4.